The SMILES string of the molecule is O=C([O-])[C@@H]1[C@@H]2C=C[C@]3(CN(C4CCCC4)C(=O)[C@H]13)O2. The first-order chi connectivity index (χ1) is 9.12. The van der Waals surface area contributed by atoms with Gasteiger partial charge < -0.3 is 19.5 Å². The highest BCUT2D eigenvalue weighted by Gasteiger charge is 2.65. The van der Waals surface area contributed by atoms with Crippen LogP contribution in [-0.4, -0.2) is 41.1 Å². The lowest BCUT2D eigenvalue weighted by Gasteiger charge is -2.27. The maximum absolute atomic E-state index is 12.6. The number of likely N-dealkylation sites (tertiary alicyclic amines) is 1. The Bertz CT molecular complexity index is 482. The Hall–Kier alpha value is -1.36. The molecule has 1 aliphatic carbocycles. The van der Waals surface area contributed by atoms with E-state index in [2.05, 4.69) is 0 Å². The molecule has 1 saturated carbocycles. The summed E-state index contributed by atoms with van der Waals surface area (Å²) in [6.07, 6.45) is 7.54. The summed E-state index contributed by atoms with van der Waals surface area (Å²) >= 11 is 0. The summed E-state index contributed by atoms with van der Waals surface area (Å²) in [6.45, 7) is 0.512. The quantitative estimate of drug-likeness (QED) is 0.627. The minimum Gasteiger partial charge on any atom is -0.550 e. The zero-order valence-electron chi connectivity index (χ0n) is 10.6. The molecule has 5 heteroatoms. The molecule has 4 atom stereocenters. The summed E-state index contributed by atoms with van der Waals surface area (Å²) < 4.78 is 5.82. The zero-order chi connectivity index (χ0) is 13.2. The number of carbonyl (C=O) groups excluding carboxylic acids is 2. The second-order valence-electron chi connectivity index (χ2n) is 6.12. The third-order valence-electron chi connectivity index (χ3n) is 5.17. The number of amides is 1. The number of fused-ring (bicyclic) bond motifs is 1. The number of hydrogen-bond acceptors (Lipinski definition) is 4. The van der Waals surface area contributed by atoms with Crippen LogP contribution in [0.1, 0.15) is 25.7 Å². The van der Waals surface area contributed by atoms with Gasteiger partial charge in [-0.25, -0.2) is 0 Å². The smallest absolute Gasteiger partial charge is 0.230 e. The van der Waals surface area contributed by atoms with Gasteiger partial charge in [0.2, 0.25) is 5.91 Å². The molecule has 4 rings (SSSR count). The predicted molar refractivity (Wildman–Crippen MR) is 62.7 cm³/mol. The van der Waals surface area contributed by atoms with Crippen LogP contribution in [0.15, 0.2) is 12.2 Å². The average molecular weight is 262 g/mol. The van der Waals surface area contributed by atoms with Gasteiger partial charge in [-0.05, 0) is 12.8 Å². The van der Waals surface area contributed by atoms with E-state index in [-0.39, 0.29) is 11.9 Å². The van der Waals surface area contributed by atoms with Crippen LogP contribution in [0.3, 0.4) is 0 Å². The molecule has 4 aliphatic rings. The summed E-state index contributed by atoms with van der Waals surface area (Å²) in [7, 11) is 0. The Morgan fingerprint density at radius 3 is 2.84 bits per heavy atom. The minimum absolute atomic E-state index is 0.0482. The maximum Gasteiger partial charge on any atom is 0.230 e. The van der Waals surface area contributed by atoms with Crippen molar-refractivity contribution in [3.63, 3.8) is 0 Å². The van der Waals surface area contributed by atoms with Crippen LogP contribution in [0.5, 0.6) is 0 Å². The van der Waals surface area contributed by atoms with Crippen LogP contribution >= 0.6 is 0 Å². The van der Waals surface area contributed by atoms with Crippen molar-refractivity contribution in [2.45, 2.75) is 43.4 Å². The van der Waals surface area contributed by atoms with Crippen molar-refractivity contribution in [3.8, 4) is 0 Å². The molecule has 3 fully saturated rings. The van der Waals surface area contributed by atoms with Gasteiger partial charge in [0.15, 0.2) is 0 Å². The van der Waals surface area contributed by atoms with Gasteiger partial charge in [-0.3, -0.25) is 4.79 Å². The van der Waals surface area contributed by atoms with Crippen molar-refractivity contribution in [2.24, 2.45) is 11.8 Å². The molecule has 19 heavy (non-hydrogen) atoms. The fourth-order valence-electron chi connectivity index (χ4n) is 4.32. The summed E-state index contributed by atoms with van der Waals surface area (Å²) in [5, 5.41) is 11.3. The highest BCUT2D eigenvalue weighted by atomic mass is 16.5. The molecule has 0 aromatic carbocycles. The van der Waals surface area contributed by atoms with Gasteiger partial charge in [0, 0.05) is 17.9 Å². The van der Waals surface area contributed by atoms with Gasteiger partial charge in [0.25, 0.3) is 0 Å². The number of aliphatic carboxylic acids is 1. The number of carboxylic acids is 1. The van der Waals surface area contributed by atoms with E-state index in [1.165, 1.54) is 0 Å². The fraction of sp³-hybridized carbons (Fsp3) is 0.714. The number of carbonyl (C=O) groups is 2. The number of rotatable bonds is 2. The summed E-state index contributed by atoms with van der Waals surface area (Å²) in [4.78, 5) is 25.8. The van der Waals surface area contributed by atoms with E-state index < -0.39 is 29.5 Å². The highest BCUT2D eigenvalue weighted by Crippen LogP contribution is 2.52. The zero-order valence-corrected chi connectivity index (χ0v) is 10.6. The Morgan fingerprint density at radius 2 is 2.16 bits per heavy atom. The second kappa shape index (κ2) is 3.60. The van der Waals surface area contributed by atoms with Gasteiger partial charge in [-0.1, -0.05) is 25.0 Å². The van der Waals surface area contributed by atoms with Crippen LogP contribution < -0.4 is 5.11 Å². The van der Waals surface area contributed by atoms with Gasteiger partial charge in [-0.15, -0.1) is 0 Å². The van der Waals surface area contributed by atoms with Crippen LogP contribution in [0, 0.1) is 11.8 Å². The molecule has 1 spiro atoms. The first kappa shape index (κ1) is 11.5. The van der Waals surface area contributed by atoms with E-state index in [1.807, 2.05) is 11.0 Å². The normalized spacial score (nSPS) is 44.3. The summed E-state index contributed by atoms with van der Waals surface area (Å²) in [5.41, 5.74) is -0.699. The van der Waals surface area contributed by atoms with Gasteiger partial charge in [0.05, 0.1) is 18.6 Å². The minimum atomic E-state index is -1.16. The van der Waals surface area contributed by atoms with E-state index in [1.54, 1.807) is 6.08 Å². The lowest BCUT2D eigenvalue weighted by molar-refractivity contribution is -0.313. The molecule has 0 aromatic heterocycles. The second-order valence-corrected chi connectivity index (χ2v) is 6.12. The number of hydrogen-bond donors (Lipinski definition) is 0. The maximum atomic E-state index is 12.6. The molecule has 0 N–H and O–H groups in total. The highest BCUT2D eigenvalue weighted by molar-refractivity contribution is 5.90. The molecule has 3 aliphatic heterocycles. The summed E-state index contributed by atoms with van der Waals surface area (Å²) in [5.74, 6) is -2.60. The number of nitrogens with zero attached hydrogens (tertiary/aromatic N) is 1. The first-order valence-corrected chi connectivity index (χ1v) is 7.01. The molecule has 1 amide bonds. The molecule has 2 saturated heterocycles. The van der Waals surface area contributed by atoms with Crippen LogP contribution in [0.2, 0.25) is 0 Å². The third-order valence-corrected chi connectivity index (χ3v) is 5.17. The van der Waals surface area contributed by atoms with Crippen molar-refractivity contribution in [1.82, 2.24) is 4.90 Å². The van der Waals surface area contributed by atoms with Crippen molar-refractivity contribution in [2.75, 3.05) is 6.54 Å². The van der Waals surface area contributed by atoms with Crippen molar-refractivity contribution < 1.29 is 19.4 Å². The van der Waals surface area contributed by atoms with Crippen molar-refractivity contribution in [3.05, 3.63) is 12.2 Å². The van der Waals surface area contributed by atoms with Crippen LogP contribution in [0.4, 0.5) is 0 Å². The Morgan fingerprint density at radius 1 is 1.42 bits per heavy atom. The van der Waals surface area contributed by atoms with E-state index in [0.29, 0.717) is 6.54 Å². The molecule has 0 unspecified atom stereocenters. The first-order valence-electron chi connectivity index (χ1n) is 7.01. The summed E-state index contributed by atoms with van der Waals surface area (Å²) in [6, 6.07) is 0.269. The van der Waals surface area contributed by atoms with E-state index >= 15 is 0 Å². The van der Waals surface area contributed by atoms with Crippen molar-refractivity contribution >= 4 is 11.9 Å². The van der Waals surface area contributed by atoms with Gasteiger partial charge in [0.1, 0.15) is 5.60 Å². The van der Waals surface area contributed by atoms with E-state index in [4.69, 9.17) is 4.74 Å². The predicted octanol–water partition coefficient (Wildman–Crippen LogP) is -0.539. The van der Waals surface area contributed by atoms with E-state index in [0.717, 1.165) is 25.7 Å². The van der Waals surface area contributed by atoms with Crippen LogP contribution in [-0.2, 0) is 14.3 Å². The third kappa shape index (κ3) is 1.34. The van der Waals surface area contributed by atoms with Gasteiger partial charge in [-0.2, -0.15) is 0 Å². The van der Waals surface area contributed by atoms with Crippen LogP contribution in [0.25, 0.3) is 0 Å². The monoisotopic (exact) mass is 262 g/mol. The molecule has 3 heterocycles. The van der Waals surface area contributed by atoms with Gasteiger partial charge >= 0.3 is 0 Å². The molecule has 2 bridgehead atoms. The topological polar surface area (TPSA) is 69.7 Å². The Labute approximate surface area is 111 Å². The molecule has 5 nitrogen and oxygen atoms in total. The lowest BCUT2D eigenvalue weighted by Crippen LogP contribution is -2.45. The Kier molecular flexibility index (Phi) is 2.17. The molecular weight excluding hydrogens is 246 g/mol. The largest absolute Gasteiger partial charge is 0.550 e. The number of carboxylic acid groups (broad SMARTS) is 1. The van der Waals surface area contributed by atoms with Crippen molar-refractivity contribution in [1.29, 1.82) is 0 Å². The molecule has 0 aromatic rings. The fourth-order valence-corrected chi connectivity index (χ4v) is 4.32. The average Bonchev–Trinajstić information content (AvgIpc) is 3.09. The Balaban J connectivity index is 1.69. The molecule has 0 radical (unpaired) electrons. The molecule has 102 valence electrons. The lowest BCUT2D eigenvalue weighted by atomic mass is 9.77. The molecular formula is C14H16NO4-. The number of ether oxygens (including phenoxy) is 1. The standard InChI is InChI=1S/C14H17NO4/c16-12-11-10(13(17)18)9-5-6-14(11,19-9)7-15(12)8-3-1-2-4-8/h5-6,8-11H,1-4,7H2,(H,17,18)/p-1/t9-,10+,11-,14+/m0/s1. The van der Waals surface area contributed by atoms with E-state index in [9.17, 15) is 14.7 Å².